The van der Waals surface area contributed by atoms with Gasteiger partial charge in [-0.05, 0) is 32.3 Å². The molecular weight excluding hydrogens is 309 g/mol. The molecule has 0 unspecified atom stereocenters. The van der Waals surface area contributed by atoms with Gasteiger partial charge in [0.25, 0.3) is 0 Å². The second kappa shape index (κ2) is 4.90. The zero-order valence-electron chi connectivity index (χ0n) is 11.2. The first-order chi connectivity index (χ1) is 9.57. The topological polar surface area (TPSA) is 78.4 Å². The Kier molecular flexibility index (Phi) is 3.64. The van der Waals surface area contributed by atoms with Crippen molar-refractivity contribution in [3.8, 4) is 0 Å². The number of aryl methyl sites for hydroxylation is 1. The van der Waals surface area contributed by atoms with Gasteiger partial charge in [-0.25, -0.2) is 9.59 Å². The summed E-state index contributed by atoms with van der Waals surface area (Å²) in [5.74, 6) is -1.23. The lowest BCUT2D eigenvalue weighted by Crippen LogP contribution is -2.49. The summed E-state index contributed by atoms with van der Waals surface area (Å²) in [6, 6.07) is -1.05. The number of amides is 2. The van der Waals surface area contributed by atoms with Crippen molar-refractivity contribution >= 4 is 28.3 Å². The van der Waals surface area contributed by atoms with Crippen LogP contribution in [0.4, 0.5) is 23.0 Å². The first-order valence-electron chi connectivity index (χ1n) is 6.06. The number of urea groups is 1. The van der Waals surface area contributed by atoms with Gasteiger partial charge >= 0.3 is 18.2 Å². The van der Waals surface area contributed by atoms with Crippen molar-refractivity contribution in [3.63, 3.8) is 0 Å². The predicted octanol–water partition coefficient (Wildman–Crippen LogP) is 3.28. The molecule has 2 amide bonds. The second-order valence-electron chi connectivity index (χ2n) is 4.95. The summed E-state index contributed by atoms with van der Waals surface area (Å²) in [5.41, 5.74) is -1.79. The van der Waals surface area contributed by atoms with Crippen molar-refractivity contribution in [2.45, 2.75) is 38.4 Å². The number of carbonyl (C=O) groups is 2. The van der Waals surface area contributed by atoms with Gasteiger partial charge in [0, 0.05) is 4.88 Å². The van der Waals surface area contributed by atoms with Crippen LogP contribution < -0.4 is 10.6 Å². The van der Waals surface area contributed by atoms with Gasteiger partial charge in [0.15, 0.2) is 0 Å². The van der Waals surface area contributed by atoms with E-state index in [2.05, 4.69) is 5.32 Å². The van der Waals surface area contributed by atoms with E-state index in [9.17, 15) is 22.8 Å². The summed E-state index contributed by atoms with van der Waals surface area (Å²) in [6.07, 6.45) is -4.85. The lowest BCUT2D eigenvalue weighted by atomic mass is 10.1. The third-order valence-electron chi connectivity index (χ3n) is 3.47. The molecular formula is C12H13F3N2O3S. The normalized spacial score (nSPS) is 16.4. The number of nitrogens with one attached hydrogen (secondary N) is 2. The van der Waals surface area contributed by atoms with E-state index in [4.69, 9.17) is 5.11 Å². The first-order valence-corrected chi connectivity index (χ1v) is 6.88. The minimum atomic E-state index is -4.51. The lowest BCUT2D eigenvalue weighted by Gasteiger charge is -2.20. The molecule has 1 saturated carbocycles. The summed E-state index contributed by atoms with van der Waals surface area (Å²) in [5, 5.41) is 13.2. The third kappa shape index (κ3) is 2.82. The Morgan fingerprint density at radius 3 is 2.29 bits per heavy atom. The number of thiophene rings is 1. The van der Waals surface area contributed by atoms with Crippen molar-refractivity contribution in [3.05, 3.63) is 16.0 Å². The number of carboxylic acid groups (broad SMARTS) is 1. The molecule has 0 atom stereocenters. The van der Waals surface area contributed by atoms with Crippen molar-refractivity contribution in [2.75, 3.05) is 5.32 Å². The molecule has 116 valence electrons. The molecule has 5 nitrogen and oxygen atoms in total. The monoisotopic (exact) mass is 322 g/mol. The number of hydrogen-bond acceptors (Lipinski definition) is 3. The zero-order valence-corrected chi connectivity index (χ0v) is 12.0. The SMILES string of the molecule is Cc1sc(NC(=O)NC2(C(F)(F)F)CC2)c(C(=O)O)c1C. The molecule has 0 saturated heterocycles. The Bertz CT molecular complexity index is 606. The lowest BCUT2D eigenvalue weighted by molar-refractivity contribution is -0.162. The Morgan fingerprint density at radius 2 is 1.86 bits per heavy atom. The fraction of sp³-hybridized carbons (Fsp3) is 0.500. The maximum Gasteiger partial charge on any atom is 0.411 e. The number of alkyl halides is 3. The Balaban J connectivity index is 2.15. The van der Waals surface area contributed by atoms with Gasteiger partial charge in [-0.2, -0.15) is 13.2 Å². The van der Waals surface area contributed by atoms with E-state index in [0.717, 1.165) is 11.3 Å². The quantitative estimate of drug-likeness (QED) is 0.799. The Morgan fingerprint density at radius 1 is 1.29 bits per heavy atom. The highest BCUT2D eigenvalue weighted by Gasteiger charge is 2.64. The number of halogens is 3. The number of rotatable bonds is 3. The molecule has 0 aromatic carbocycles. The molecule has 1 aromatic rings. The summed E-state index contributed by atoms with van der Waals surface area (Å²) in [6.45, 7) is 3.25. The molecule has 0 radical (unpaired) electrons. The van der Waals surface area contributed by atoms with Gasteiger partial charge in [-0.1, -0.05) is 0 Å². The van der Waals surface area contributed by atoms with E-state index in [0.29, 0.717) is 10.4 Å². The van der Waals surface area contributed by atoms with Crippen LogP contribution in [0.15, 0.2) is 0 Å². The van der Waals surface area contributed by atoms with Crippen molar-refractivity contribution in [1.82, 2.24) is 5.32 Å². The molecule has 0 aliphatic heterocycles. The molecule has 1 aliphatic carbocycles. The summed E-state index contributed by atoms with van der Waals surface area (Å²) < 4.78 is 38.2. The average molecular weight is 322 g/mol. The fourth-order valence-corrected chi connectivity index (χ4v) is 2.98. The van der Waals surface area contributed by atoms with Gasteiger partial charge in [0.2, 0.25) is 0 Å². The number of anilines is 1. The highest BCUT2D eigenvalue weighted by atomic mass is 32.1. The van der Waals surface area contributed by atoms with E-state index in [1.54, 1.807) is 13.8 Å². The molecule has 1 heterocycles. The largest absolute Gasteiger partial charge is 0.478 e. The van der Waals surface area contributed by atoms with Crippen LogP contribution in [-0.2, 0) is 0 Å². The summed E-state index contributed by atoms with van der Waals surface area (Å²) in [7, 11) is 0. The fourth-order valence-electron chi connectivity index (χ4n) is 1.93. The van der Waals surface area contributed by atoms with E-state index >= 15 is 0 Å². The van der Waals surface area contributed by atoms with E-state index < -0.39 is 23.7 Å². The molecule has 3 N–H and O–H groups in total. The molecule has 9 heteroatoms. The predicted molar refractivity (Wildman–Crippen MR) is 70.9 cm³/mol. The molecule has 1 aliphatic rings. The third-order valence-corrected chi connectivity index (χ3v) is 4.59. The van der Waals surface area contributed by atoms with Gasteiger partial charge in [-0.15, -0.1) is 11.3 Å². The van der Waals surface area contributed by atoms with Crippen LogP contribution >= 0.6 is 11.3 Å². The van der Waals surface area contributed by atoms with E-state index in [1.807, 2.05) is 5.32 Å². The van der Waals surface area contributed by atoms with Crippen LogP contribution in [0.1, 0.15) is 33.6 Å². The van der Waals surface area contributed by atoms with Crippen molar-refractivity contribution in [2.24, 2.45) is 0 Å². The smallest absolute Gasteiger partial charge is 0.411 e. The molecule has 1 aromatic heterocycles. The van der Waals surface area contributed by atoms with E-state index in [1.165, 1.54) is 0 Å². The molecule has 21 heavy (non-hydrogen) atoms. The Labute approximate surface area is 122 Å². The highest BCUT2D eigenvalue weighted by Crippen LogP contribution is 2.49. The Hall–Kier alpha value is -1.77. The van der Waals surface area contributed by atoms with Crippen LogP contribution in [-0.4, -0.2) is 28.8 Å². The molecule has 0 spiro atoms. The minimum Gasteiger partial charge on any atom is -0.478 e. The standard InChI is InChI=1S/C12H13F3N2O3S/c1-5-6(2)21-8(7(5)9(18)19)16-10(20)17-11(3-4-11)12(13,14)15/h3-4H2,1-2H3,(H,18,19)(H2,16,17,20). The maximum atomic E-state index is 12.7. The van der Waals surface area contributed by atoms with Crippen LogP contribution in [0.2, 0.25) is 0 Å². The zero-order chi connectivity index (χ0) is 16.0. The van der Waals surface area contributed by atoms with Gasteiger partial charge < -0.3 is 10.4 Å². The number of carbonyl (C=O) groups excluding carboxylic acids is 1. The van der Waals surface area contributed by atoms with Crippen LogP contribution in [0, 0.1) is 13.8 Å². The highest BCUT2D eigenvalue weighted by molar-refractivity contribution is 7.16. The average Bonchev–Trinajstić information content (AvgIpc) is 3.02. The van der Waals surface area contributed by atoms with E-state index in [-0.39, 0.29) is 23.4 Å². The first kappa shape index (κ1) is 15.6. The number of aromatic carboxylic acids is 1. The maximum absolute atomic E-state index is 12.7. The van der Waals surface area contributed by atoms with Gasteiger partial charge in [0.05, 0.1) is 5.56 Å². The van der Waals surface area contributed by atoms with Crippen molar-refractivity contribution in [1.29, 1.82) is 0 Å². The van der Waals surface area contributed by atoms with Crippen LogP contribution in [0.5, 0.6) is 0 Å². The van der Waals surface area contributed by atoms with Gasteiger partial charge in [0.1, 0.15) is 10.5 Å². The summed E-state index contributed by atoms with van der Waals surface area (Å²) in [4.78, 5) is 23.5. The summed E-state index contributed by atoms with van der Waals surface area (Å²) >= 11 is 1.02. The minimum absolute atomic E-state index is 0.0352. The molecule has 1 fully saturated rings. The second-order valence-corrected chi connectivity index (χ2v) is 6.18. The van der Waals surface area contributed by atoms with Crippen LogP contribution in [0.3, 0.4) is 0 Å². The van der Waals surface area contributed by atoms with Gasteiger partial charge in [-0.3, -0.25) is 5.32 Å². The van der Waals surface area contributed by atoms with Crippen molar-refractivity contribution < 1.29 is 27.9 Å². The molecule has 2 rings (SSSR count). The number of hydrogen-bond donors (Lipinski definition) is 3. The molecule has 0 bridgehead atoms. The van der Waals surface area contributed by atoms with Crippen LogP contribution in [0.25, 0.3) is 0 Å². The number of carboxylic acids is 1.